The zero-order chi connectivity index (χ0) is 17.3. The average Bonchev–Trinajstić information content (AvgIpc) is 2.54. The highest BCUT2D eigenvalue weighted by Gasteiger charge is 2.47. The van der Waals surface area contributed by atoms with Crippen molar-refractivity contribution >= 4 is 29.2 Å². The molecule has 2 bridgehead atoms. The third-order valence-electron chi connectivity index (χ3n) is 5.24. The minimum atomic E-state index is -1.11. The largest absolute Gasteiger partial charge is 0.550 e. The number of carboxylic acids is 1. The number of rotatable bonds is 4. The Balaban J connectivity index is 1.76. The number of hydrogen-bond donors (Lipinski definition) is 2. The van der Waals surface area contributed by atoms with Gasteiger partial charge in [-0.25, -0.2) is 0 Å². The van der Waals surface area contributed by atoms with Gasteiger partial charge in [-0.2, -0.15) is 0 Å². The molecular weight excluding hydrogens is 308 g/mol. The van der Waals surface area contributed by atoms with Crippen LogP contribution in [0.2, 0.25) is 0 Å². The molecule has 0 saturated heterocycles. The van der Waals surface area contributed by atoms with Gasteiger partial charge in [-0.1, -0.05) is 6.07 Å². The van der Waals surface area contributed by atoms with Crippen molar-refractivity contribution in [2.45, 2.75) is 32.6 Å². The highest BCUT2D eigenvalue weighted by molar-refractivity contribution is 5.96. The SMILES string of the molecule is CC(=O)Nc1cccc(NC(=O)[C@H]2C3CCC(CC3)[C@@H]2C(=O)[O-])c1. The predicted octanol–water partition coefficient (Wildman–Crippen LogP) is 1.39. The monoisotopic (exact) mass is 329 g/mol. The van der Waals surface area contributed by atoms with Crippen LogP contribution in [-0.4, -0.2) is 17.8 Å². The molecule has 0 aliphatic heterocycles. The van der Waals surface area contributed by atoms with E-state index >= 15 is 0 Å². The van der Waals surface area contributed by atoms with Gasteiger partial charge < -0.3 is 20.5 Å². The number of hydrogen-bond acceptors (Lipinski definition) is 4. The Morgan fingerprint density at radius 2 is 1.50 bits per heavy atom. The molecule has 1 aromatic carbocycles. The van der Waals surface area contributed by atoms with Crippen molar-refractivity contribution in [3.63, 3.8) is 0 Å². The summed E-state index contributed by atoms with van der Waals surface area (Å²) in [5.74, 6) is -2.66. The van der Waals surface area contributed by atoms with E-state index in [9.17, 15) is 19.5 Å². The minimum Gasteiger partial charge on any atom is -0.550 e. The van der Waals surface area contributed by atoms with E-state index in [1.165, 1.54) is 6.92 Å². The Bertz CT molecular complexity index is 665. The fourth-order valence-electron chi connectivity index (χ4n) is 4.27. The van der Waals surface area contributed by atoms with Crippen LogP contribution in [-0.2, 0) is 14.4 Å². The van der Waals surface area contributed by atoms with Crippen LogP contribution >= 0.6 is 0 Å². The van der Waals surface area contributed by atoms with E-state index < -0.39 is 17.8 Å². The van der Waals surface area contributed by atoms with Crippen LogP contribution in [0.3, 0.4) is 0 Å². The minimum absolute atomic E-state index is 0.0430. The maximum absolute atomic E-state index is 12.7. The maximum Gasteiger partial charge on any atom is 0.228 e. The van der Waals surface area contributed by atoms with E-state index in [2.05, 4.69) is 10.6 Å². The lowest BCUT2D eigenvalue weighted by Gasteiger charge is -2.48. The van der Waals surface area contributed by atoms with Gasteiger partial charge in [-0.3, -0.25) is 9.59 Å². The molecule has 128 valence electrons. The van der Waals surface area contributed by atoms with E-state index in [0.29, 0.717) is 11.4 Å². The van der Waals surface area contributed by atoms with Crippen LogP contribution < -0.4 is 15.7 Å². The van der Waals surface area contributed by atoms with Crippen molar-refractivity contribution < 1.29 is 19.5 Å². The molecule has 2 N–H and O–H groups in total. The second-order valence-electron chi connectivity index (χ2n) is 6.80. The molecule has 6 nitrogen and oxygen atoms in total. The summed E-state index contributed by atoms with van der Waals surface area (Å²) in [5, 5.41) is 17.0. The summed E-state index contributed by atoms with van der Waals surface area (Å²) in [4.78, 5) is 35.4. The molecule has 0 unspecified atom stereocenters. The third-order valence-corrected chi connectivity index (χ3v) is 5.24. The van der Waals surface area contributed by atoms with Gasteiger partial charge >= 0.3 is 0 Å². The number of aliphatic carboxylic acids is 1. The zero-order valence-electron chi connectivity index (χ0n) is 13.6. The predicted molar refractivity (Wildman–Crippen MR) is 86.8 cm³/mol. The summed E-state index contributed by atoms with van der Waals surface area (Å²) < 4.78 is 0. The molecule has 0 radical (unpaired) electrons. The summed E-state index contributed by atoms with van der Waals surface area (Å²) in [6.45, 7) is 1.41. The first-order valence-electron chi connectivity index (χ1n) is 8.35. The van der Waals surface area contributed by atoms with Gasteiger partial charge in [0.15, 0.2) is 0 Å². The van der Waals surface area contributed by atoms with Crippen LogP contribution in [0.1, 0.15) is 32.6 Å². The number of amides is 2. The van der Waals surface area contributed by atoms with E-state index in [1.54, 1.807) is 24.3 Å². The molecule has 0 aromatic heterocycles. The molecule has 3 fully saturated rings. The quantitative estimate of drug-likeness (QED) is 0.872. The standard InChI is InChI=1S/C18H22N2O4/c1-10(21)19-13-3-2-4-14(9-13)20-17(22)15-11-5-7-12(8-6-11)16(15)18(23)24/h2-4,9,11-12,15-16H,5-8H2,1H3,(H,19,21)(H,20,22)(H,23,24)/p-1/t11?,12?,15-,16-/m0/s1. The summed E-state index contributed by atoms with van der Waals surface area (Å²) in [7, 11) is 0. The van der Waals surface area contributed by atoms with E-state index in [4.69, 9.17) is 0 Å². The fraction of sp³-hybridized carbons (Fsp3) is 0.500. The maximum atomic E-state index is 12.7. The topological polar surface area (TPSA) is 98.3 Å². The lowest BCUT2D eigenvalue weighted by Crippen LogP contribution is -2.52. The normalized spacial score (nSPS) is 28.2. The van der Waals surface area contributed by atoms with Gasteiger partial charge in [0.25, 0.3) is 0 Å². The number of carboxylic acid groups (broad SMARTS) is 1. The Kier molecular flexibility index (Phi) is 4.55. The summed E-state index contributed by atoms with van der Waals surface area (Å²) >= 11 is 0. The number of carbonyl (C=O) groups excluding carboxylic acids is 3. The molecule has 3 aliphatic carbocycles. The molecule has 3 aliphatic rings. The van der Waals surface area contributed by atoms with Crippen LogP contribution in [0.15, 0.2) is 24.3 Å². The second-order valence-corrected chi connectivity index (χ2v) is 6.80. The number of nitrogens with one attached hydrogen (secondary N) is 2. The molecule has 6 heteroatoms. The van der Waals surface area contributed by atoms with Gasteiger partial charge in [-0.15, -0.1) is 0 Å². The van der Waals surface area contributed by atoms with Crippen molar-refractivity contribution in [1.82, 2.24) is 0 Å². The summed E-state index contributed by atoms with van der Waals surface area (Å²) in [5.41, 5.74) is 1.13. The first-order valence-corrected chi connectivity index (χ1v) is 8.35. The van der Waals surface area contributed by atoms with E-state index in [1.807, 2.05) is 0 Å². The molecule has 3 saturated carbocycles. The summed E-state index contributed by atoms with van der Waals surface area (Å²) in [6, 6.07) is 6.83. The number of anilines is 2. The van der Waals surface area contributed by atoms with Crippen molar-refractivity contribution in [1.29, 1.82) is 0 Å². The molecule has 24 heavy (non-hydrogen) atoms. The zero-order valence-corrected chi connectivity index (χ0v) is 13.6. The van der Waals surface area contributed by atoms with Crippen molar-refractivity contribution in [2.75, 3.05) is 10.6 Å². The molecule has 2 amide bonds. The first-order chi connectivity index (χ1) is 11.5. The molecule has 2 atom stereocenters. The van der Waals surface area contributed by atoms with E-state index in [0.717, 1.165) is 25.7 Å². The van der Waals surface area contributed by atoms with Crippen molar-refractivity contribution in [3.05, 3.63) is 24.3 Å². The van der Waals surface area contributed by atoms with Crippen LogP contribution in [0, 0.1) is 23.7 Å². The Labute approximate surface area is 140 Å². The lowest BCUT2D eigenvalue weighted by molar-refractivity contribution is -0.318. The highest BCUT2D eigenvalue weighted by Crippen LogP contribution is 2.49. The number of fused-ring (bicyclic) bond motifs is 3. The average molecular weight is 329 g/mol. The molecule has 4 rings (SSSR count). The molecule has 1 aromatic rings. The Hall–Kier alpha value is -2.37. The Morgan fingerprint density at radius 1 is 0.958 bits per heavy atom. The third kappa shape index (κ3) is 3.27. The van der Waals surface area contributed by atoms with Gasteiger partial charge in [0.2, 0.25) is 11.8 Å². The second kappa shape index (κ2) is 6.63. The lowest BCUT2D eigenvalue weighted by atomic mass is 9.58. The molecule has 0 heterocycles. The Morgan fingerprint density at radius 3 is 2.04 bits per heavy atom. The molecular formula is C18H21N2O4-. The van der Waals surface area contributed by atoms with Crippen molar-refractivity contribution in [3.8, 4) is 0 Å². The van der Waals surface area contributed by atoms with Crippen molar-refractivity contribution in [2.24, 2.45) is 23.7 Å². The van der Waals surface area contributed by atoms with Gasteiger partial charge in [0.05, 0.1) is 0 Å². The van der Waals surface area contributed by atoms with Gasteiger partial charge in [0.1, 0.15) is 0 Å². The van der Waals surface area contributed by atoms with E-state index in [-0.39, 0.29) is 23.7 Å². The molecule has 0 spiro atoms. The van der Waals surface area contributed by atoms with Crippen LogP contribution in [0.5, 0.6) is 0 Å². The van der Waals surface area contributed by atoms with Gasteiger partial charge in [-0.05, 0) is 55.7 Å². The highest BCUT2D eigenvalue weighted by atomic mass is 16.4. The summed E-state index contributed by atoms with van der Waals surface area (Å²) in [6.07, 6.45) is 3.53. The number of benzene rings is 1. The fourth-order valence-corrected chi connectivity index (χ4v) is 4.27. The first kappa shape index (κ1) is 16.5. The van der Waals surface area contributed by atoms with Crippen LogP contribution in [0.4, 0.5) is 11.4 Å². The smallest absolute Gasteiger partial charge is 0.228 e. The number of carbonyl (C=O) groups is 3. The van der Waals surface area contributed by atoms with Crippen LogP contribution in [0.25, 0.3) is 0 Å². The van der Waals surface area contributed by atoms with Gasteiger partial charge in [0, 0.05) is 36.1 Å².